The Hall–Kier alpha value is -4.25. The second-order valence-electron chi connectivity index (χ2n) is 9.50. The lowest BCUT2D eigenvalue weighted by molar-refractivity contribution is 0.679. The van der Waals surface area contributed by atoms with Crippen LogP contribution in [0, 0.1) is 0 Å². The van der Waals surface area contributed by atoms with E-state index in [1.807, 2.05) is 91.0 Å². The number of fused-ring (bicyclic) bond motifs is 1. The first-order chi connectivity index (χ1) is 19.0. The van der Waals surface area contributed by atoms with Crippen LogP contribution < -0.4 is 15.5 Å². The number of benzene rings is 5. The molecule has 39 heavy (non-hydrogen) atoms. The number of halogens is 2. The van der Waals surface area contributed by atoms with E-state index in [1.165, 1.54) is 0 Å². The molecule has 1 aliphatic heterocycles. The van der Waals surface area contributed by atoms with Crippen LogP contribution in [-0.2, 0) is 0 Å². The minimum atomic E-state index is -0.776. The second kappa shape index (κ2) is 10.5. The highest BCUT2D eigenvalue weighted by atomic mass is 35.5. The van der Waals surface area contributed by atoms with E-state index in [4.69, 9.17) is 28.2 Å². The van der Waals surface area contributed by atoms with Crippen LogP contribution in [0.1, 0.15) is 12.5 Å². The Morgan fingerprint density at radius 3 is 1.95 bits per heavy atom. The summed E-state index contributed by atoms with van der Waals surface area (Å²) >= 11 is 12.4. The number of aliphatic imine (C=N–C) groups is 1. The van der Waals surface area contributed by atoms with Gasteiger partial charge in [-0.3, -0.25) is 0 Å². The van der Waals surface area contributed by atoms with Crippen molar-refractivity contribution in [1.82, 2.24) is 0 Å². The molecule has 1 heterocycles. The summed E-state index contributed by atoms with van der Waals surface area (Å²) in [6.45, 7) is 2.17. The Labute approximate surface area is 238 Å². The largest absolute Gasteiger partial charge is 0.356 e. The molecule has 5 aromatic carbocycles. The summed E-state index contributed by atoms with van der Waals surface area (Å²) in [5.41, 5.74) is 6.85. The van der Waals surface area contributed by atoms with Gasteiger partial charge >= 0.3 is 0 Å². The highest BCUT2D eigenvalue weighted by Crippen LogP contribution is 2.46. The lowest BCUT2D eigenvalue weighted by Crippen LogP contribution is -2.58. The van der Waals surface area contributed by atoms with Gasteiger partial charge in [0.2, 0.25) is 0 Å². The SMILES string of the molecule is CC1(Nc2ccccc2Nc2ccc(Cl)cc2)C(c2ccccc2)=Nc2ccccc2N1c1ccc(Cl)cc1. The molecule has 0 aromatic heterocycles. The lowest BCUT2D eigenvalue weighted by atomic mass is 9.91. The average molecular weight is 550 g/mol. The van der Waals surface area contributed by atoms with Crippen molar-refractivity contribution in [2.75, 3.05) is 15.5 Å². The van der Waals surface area contributed by atoms with Crippen molar-refractivity contribution in [3.8, 4) is 0 Å². The van der Waals surface area contributed by atoms with Crippen LogP contribution in [0.25, 0.3) is 0 Å². The van der Waals surface area contributed by atoms with Gasteiger partial charge in [-0.15, -0.1) is 0 Å². The number of hydrogen-bond acceptors (Lipinski definition) is 4. The molecule has 192 valence electrons. The molecule has 0 fully saturated rings. The van der Waals surface area contributed by atoms with Gasteiger partial charge in [-0.2, -0.15) is 0 Å². The van der Waals surface area contributed by atoms with E-state index < -0.39 is 5.66 Å². The minimum absolute atomic E-state index is 0.688. The Bertz CT molecular complexity index is 1630. The summed E-state index contributed by atoms with van der Waals surface area (Å²) in [7, 11) is 0. The summed E-state index contributed by atoms with van der Waals surface area (Å²) in [5, 5.41) is 8.81. The molecule has 0 aliphatic carbocycles. The number of rotatable bonds is 6. The Kier molecular flexibility index (Phi) is 6.74. The number of hydrogen-bond donors (Lipinski definition) is 2. The smallest absolute Gasteiger partial charge is 0.156 e. The highest BCUT2D eigenvalue weighted by molar-refractivity contribution is 6.31. The van der Waals surface area contributed by atoms with Gasteiger partial charge in [-0.05, 0) is 79.7 Å². The van der Waals surface area contributed by atoms with E-state index in [0.717, 1.165) is 45.4 Å². The topological polar surface area (TPSA) is 39.7 Å². The molecule has 0 saturated carbocycles. The van der Waals surface area contributed by atoms with Crippen LogP contribution in [0.4, 0.5) is 34.1 Å². The summed E-state index contributed by atoms with van der Waals surface area (Å²) < 4.78 is 0. The third-order valence-electron chi connectivity index (χ3n) is 6.82. The quantitative estimate of drug-likeness (QED) is 0.221. The Morgan fingerprint density at radius 1 is 0.641 bits per heavy atom. The van der Waals surface area contributed by atoms with Gasteiger partial charge in [0.05, 0.1) is 28.5 Å². The van der Waals surface area contributed by atoms with Crippen LogP contribution in [-0.4, -0.2) is 11.4 Å². The molecule has 5 aromatic rings. The van der Waals surface area contributed by atoms with Crippen molar-refractivity contribution in [1.29, 1.82) is 0 Å². The lowest BCUT2D eigenvalue weighted by Gasteiger charge is -2.47. The van der Waals surface area contributed by atoms with Gasteiger partial charge in [0.25, 0.3) is 0 Å². The molecular formula is C33H26Cl2N4. The number of anilines is 5. The van der Waals surface area contributed by atoms with Crippen LogP contribution in [0.3, 0.4) is 0 Å². The predicted octanol–water partition coefficient (Wildman–Crippen LogP) is 9.84. The standard InChI is InChI=1S/C33H26Cl2N4/c1-33(38-29-12-6-5-11-28(29)36-26-19-15-24(34)16-20-26)32(23-9-3-2-4-10-23)37-30-13-7-8-14-31(30)39(33)27-21-17-25(35)18-22-27/h2-22,36,38H,1H3. The van der Waals surface area contributed by atoms with E-state index in [2.05, 4.69) is 58.9 Å². The zero-order valence-electron chi connectivity index (χ0n) is 21.3. The first-order valence-corrected chi connectivity index (χ1v) is 13.5. The molecule has 1 aliphatic rings. The summed E-state index contributed by atoms with van der Waals surface area (Å²) in [5.74, 6) is 0. The van der Waals surface area contributed by atoms with Crippen LogP contribution in [0.2, 0.25) is 10.0 Å². The molecule has 4 nitrogen and oxygen atoms in total. The normalized spacial score (nSPS) is 16.3. The van der Waals surface area contributed by atoms with Crippen molar-refractivity contribution < 1.29 is 0 Å². The van der Waals surface area contributed by atoms with E-state index in [-0.39, 0.29) is 0 Å². The van der Waals surface area contributed by atoms with Crippen molar-refractivity contribution >= 4 is 63.0 Å². The molecule has 6 heteroatoms. The van der Waals surface area contributed by atoms with Gasteiger partial charge in [-0.1, -0.05) is 77.8 Å². The van der Waals surface area contributed by atoms with E-state index in [0.29, 0.717) is 10.0 Å². The third kappa shape index (κ3) is 4.97. The second-order valence-corrected chi connectivity index (χ2v) is 10.4. The minimum Gasteiger partial charge on any atom is -0.356 e. The van der Waals surface area contributed by atoms with Gasteiger partial charge in [-0.25, -0.2) is 4.99 Å². The summed E-state index contributed by atoms with van der Waals surface area (Å²) in [6.07, 6.45) is 0. The van der Waals surface area contributed by atoms with E-state index in [1.54, 1.807) is 0 Å². The molecule has 2 N–H and O–H groups in total. The average Bonchev–Trinajstić information content (AvgIpc) is 2.96. The molecule has 6 rings (SSSR count). The molecule has 1 atom stereocenters. The Morgan fingerprint density at radius 2 is 1.23 bits per heavy atom. The number of nitrogens with zero attached hydrogens (tertiary/aromatic N) is 2. The maximum absolute atomic E-state index is 6.31. The van der Waals surface area contributed by atoms with Gasteiger partial charge in [0.15, 0.2) is 5.66 Å². The maximum atomic E-state index is 6.31. The fourth-order valence-electron chi connectivity index (χ4n) is 5.02. The zero-order valence-corrected chi connectivity index (χ0v) is 22.8. The number of nitrogens with one attached hydrogen (secondary N) is 2. The predicted molar refractivity (Wildman–Crippen MR) is 166 cm³/mol. The van der Waals surface area contributed by atoms with Crippen molar-refractivity contribution in [2.24, 2.45) is 4.99 Å². The molecule has 0 bridgehead atoms. The monoisotopic (exact) mass is 548 g/mol. The summed E-state index contributed by atoms with van der Waals surface area (Å²) in [4.78, 5) is 7.53. The first kappa shape index (κ1) is 25.1. The first-order valence-electron chi connectivity index (χ1n) is 12.7. The fourth-order valence-corrected chi connectivity index (χ4v) is 5.27. The van der Waals surface area contributed by atoms with E-state index in [9.17, 15) is 0 Å². The maximum Gasteiger partial charge on any atom is 0.156 e. The molecular weight excluding hydrogens is 523 g/mol. The van der Waals surface area contributed by atoms with Crippen LogP contribution >= 0.6 is 23.2 Å². The Balaban J connectivity index is 1.52. The van der Waals surface area contributed by atoms with Gasteiger partial charge in [0, 0.05) is 27.0 Å². The van der Waals surface area contributed by atoms with Crippen molar-refractivity contribution in [3.05, 3.63) is 143 Å². The number of para-hydroxylation sites is 4. The zero-order chi connectivity index (χ0) is 26.8. The molecule has 1 unspecified atom stereocenters. The van der Waals surface area contributed by atoms with Gasteiger partial charge < -0.3 is 15.5 Å². The molecule has 0 spiro atoms. The molecule has 0 amide bonds. The highest BCUT2D eigenvalue weighted by Gasteiger charge is 2.43. The van der Waals surface area contributed by atoms with Gasteiger partial charge in [0.1, 0.15) is 0 Å². The van der Waals surface area contributed by atoms with E-state index >= 15 is 0 Å². The third-order valence-corrected chi connectivity index (χ3v) is 7.33. The molecule has 0 saturated heterocycles. The van der Waals surface area contributed by atoms with Crippen LogP contribution in [0.15, 0.2) is 132 Å². The molecule has 0 radical (unpaired) electrons. The fraction of sp³-hybridized carbons (Fsp3) is 0.0606. The van der Waals surface area contributed by atoms with Crippen molar-refractivity contribution in [2.45, 2.75) is 12.6 Å². The summed E-state index contributed by atoms with van der Waals surface area (Å²) in [6, 6.07) is 42.3. The van der Waals surface area contributed by atoms with Crippen molar-refractivity contribution in [3.63, 3.8) is 0 Å². The van der Waals surface area contributed by atoms with Crippen LogP contribution in [0.5, 0.6) is 0 Å².